The highest BCUT2D eigenvalue weighted by Crippen LogP contribution is 2.63. The molecule has 12 nitrogen and oxygen atoms in total. The van der Waals surface area contributed by atoms with Gasteiger partial charge in [-0.15, -0.1) is 0 Å². The fraction of sp³-hybridized carbons (Fsp3) is 0.800. The number of halogens is 1. The van der Waals surface area contributed by atoms with Crippen molar-refractivity contribution in [1.29, 1.82) is 0 Å². The Bertz CT molecular complexity index is 1630. The van der Waals surface area contributed by atoms with E-state index < -0.39 is 47.6 Å². The van der Waals surface area contributed by atoms with Gasteiger partial charge in [-0.1, -0.05) is 44.5 Å². The summed E-state index contributed by atoms with van der Waals surface area (Å²) in [6.45, 7) is 14.8. The van der Waals surface area contributed by atoms with Gasteiger partial charge in [0.1, 0.15) is 6.10 Å². The molecule has 13 heteroatoms. The maximum atomic E-state index is 13.3. The normalized spacial score (nSPS) is 50.0. The largest absolute Gasteiger partial charge is 0.437 e. The van der Waals surface area contributed by atoms with Gasteiger partial charge in [0.15, 0.2) is 23.8 Å². The van der Waals surface area contributed by atoms with Crippen molar-refractivity contribution < 1.29 is 48.1 Å². The number of rotatable bonds is 5. The molecule has 2 saturated carbocycles. The molecular weight excluding hydrogens is 704 g/mol. The Morgan fingerprint density at radius 2 is 1.38 bits per heavy atom. The molecule has 10 aliphatic rings. The fourth-order valence-electron chi connectivity index (χ4n) is 12.0. The first-order chi connectivity index (χ1) is 25.2. The Morgan fingerprint density at radius 3 is 1.98 bits per heavy atom. The van der Waals surface area contributed by atoms with Crippen LogP contribution in [0.1, 0.15) is 105 Å². The van der Waals surface area contributed by atoms with Crippen molar-refractivity contribution >= 4 is 29.1 Å². The lowest BCUT2D eigenvalue weighted by Gasteiger charge is -2.61. The summed E-state index contributed by atoms with van der Waals surface area (Å²) in [5, 5.41) is 7.94. The minimum absolute atomic E-state index is 0.0512. The molecule has 1 aromatic carbocycles. The molecule has 4 bridgehead atoms. The van der Waals surface area contributed by atoms with E-state index in [2.05, 4.69) is 38.2 Å². The highest BCUT2D eigenvalue weighted by atomic mass is 35.5. The predicted molar refractivity (Wildman–Crippen MR) is 192 cm³/mol. The third-order valence-electron chi connectivity index (χ3n) is 14.7. The molecule has 292 valence electrons. The molecule has 11 rings (SSSR count). The van der Waals surface area contributed by atoms with Crippen LogP contribution in [0.15, 0.2) is 23.4 Å². The van der Waals surface area contributed by atoms with E-state index in [-0.39, 0.29) is 41.6 Å². The predicted octanol–water partition coefficient (Wildman–Crippen LogP) is 8.44. The number of amides is 1. The maximum Gasteiger partial charge on any atom is 0.437 e. The maximum absolute atomic E-state index is 13.3. The van der Waals surface area contributed by atoms with Gasteiger partial charge in [0.25, 0.3) is 0 Å². The summed E-state index contributed by atoms with van der Waals surface area (Å²) < 4.78 is 27.4. The standard InChI is InChI=1S/C40H55ClN2O10/c1-20-16-25(41)18-26(17-20)42-36(44)49-43-31(33-24(5)30-11-9-22(3)28-13-15-38(7)48-35(46-33)40(28,30)53-51-38)19-32-23(4)29-10-8-21(2)27-12-14-37(6)47-34(45-32)39(27,29)52-50-37/h16-18,21-24,27-30,32-35H,8-15,19H2,1-7H3,(H,42,44)/b43-31-/t21-,22-,23-,24-,27+,28+,29+,30+,32-,33+,34-,35-,37+,38+,39-,40-/m1/s1. The van der Waals surface area contributed by atoms with Gasteiger partial charge < -0.3 is 18.9 Å². The number of ether oxygens (including phenoxy) is 4. The molecule has 2 aliphatic carbocycles. The van der Waals surface area contributed by atoms with Gasteiger partial charge >= 0.3 is 6.09 Å². The molecule has 16 atom stereocenters. The van der Waals surface area contributed by atoms with Crippen molar-refractivity contribution in [1.82, 2.24) is 0 Å². The number of nitrogens with zero attached hydrogens (tertiary/aromatic N) is 1. The number of aryl methyl sites for hydroxylation is 1. The lowest BCUT2D eigenvalue weighted by molar-refractivity contribution is -0.571. The van der Waals surface area contributed by atoms with E-state index in [9.17, 15) is 4.79 Å². The summed E-state index contributed by atoms with van der Waals surface area (Å²) in [5.74, 6) is -0.295. The molecule has 1 N–H and O–H groups in total. The van der Waals surface area contributed by atoms with E-state index in [0.29, 0.717) is 41.1 Å². The zero-order valence-electron chi connectivity index (χ0n) is 31.9. The van der Waals surface area contributed by atoms with Crippen LogP contribution in [-0.2, 0) is 43.3 Å². The molecule has 2 spiro atoms. The van der Waals surface area contributed by atoms with E-state index in [1.807, 2.05) is 32.9 Å². The Balaban J connectivity index is 1.05. The molecule has 1 aromatic rings. The zero-order valence-corrected chi connectivity index (χ0v) is 32.7. The average molecular weight is 759 g/mol. The SMILES string of the molecule is Cc1cc(Cl)cc(NC(=O)O/N=C(/C[C@H]2O[C@@H]3O[C@]4(C)CC[C@H]5[C@H](C)CC[C@@H]([C@H]2C)[C@@]35OO4)[C@H]2O[C@@H]3O[C@]4(C)CC[C@H]5[C@H](C)CC[C@@H]([C@H]2C)[C@@]35OO4)c1. The van der Waals surface area contributed by atoms with Crippen LogP contribution in [0.4, 0.5) is 10.5 Å². The van der Waals surface area contributed by atoms with Crippen LogP contribution in [-0.4, -0.2) is 59.4 Å². The summed E-state index contributed by atoms with van der Waals surface area (Å²) in [6.07, 6.45) is 4.84. The highest BCUT2D eigenvalue weighted by molar-refractivity contribution is 6.31. The van der Waals surface area contributed by atoms with Crippen LogP contribution in [0.25, 0.3) is 0 Å². The van der Waals surface area contributed by atoms with Gasteiger partial charge in [-0.2, -0.15) is 0 Å². The third-order valence-corrected chi connectivity index (χ3v) is 14.9. The van der Waals surface area contributed by atoms with Crippen LogP contribution in [0.5, 0.6) is 0 Å². The highest BCUT2D eigenvalue weighted by Gasteiger charge is 2.71. The number of carbonyl (C=O) groups excluding carboxylic acids is 1. The number of carbonyl (C=O) groups is 1. The minimum atomic E-state index is -0.927. The van der Waals surface area contributed by atoms with Gasteiger partial charge in [-0.05, 0) is 119 Å². The van der Waals surface area contributed by atoms with Crippen molar-refractivity contribution in [2.75, 3.05) is 5.32 Å². The molecule has 8 saturated heterocycles. The van der Waals surface area contributed by atoms with Crippen LogP contribution >= 0.6 is 11.6 Å². The quantitative estimate of drug-likeness (QED) is 0.135. The third kappa shape index (κ3) is 5.83. The van der Waals surface area contributed by atoms with Gasteiger partial charge in [-0.25, -0.2) is 24.3 Å². The minimum Gasteiger partial charge on any atom is -0.345 e. The summed E-state index contributed by atoms with van der Waals surface area (Å²) in [4.78, 5) is 44.0. The van der Waals surface area contributed by atoms with E-state index >= 15 is 0 Å². The Labute approximate surface area is 317 Å². The van der Waals surface area contributed by atoms with Crippen LogP contribution < -0.4 is 5.32 Å². The van der Waals surface area contributed by atoms with Crippen molar-refractivity contribution in [3.63, 3.8) is 0 Å². The lowest BCUT2D eigenvalue weighted by atomic mass is 9.56. The molecule has 1 amide bonds. The fourth-order valence-corrected chi connectivity index (χ4v) is 12.2. The van der Waals surface area contributed by atoms with Crippen LogP contribution in [0.2, 0.25) is 5.02 Å². The second kappa shape index (κ2) is 13.1. The summed E-state index contributed by atoms with van der Waals surface area (Å²) in [5.41, 5.74) is 0.563. The molecule has 0 aromatic heterocycles. The molecule has 8 heterocycles. The number of hydrogen-bond acceptors (Lipinski definition) is 11. The van der Waals surface area contributed by atoms with Gasteiger partial charge in [0, 0.05) is 41.8 Å². The van der Waals surface area contributed by atoms with Crippen molar-refractivity contribution in [3.8, 4) is 0 Å². The Kier molecular flexibility index (Phi) is 9.08. The first-order valence-electron chi connectivity index (χ1n) is 20.0. The van der Waals surface area contributed by atoms with Crippen molar-refractivity contribution in [2.45, 2.75) is 154 Å². The van der Waals surface area contributed by atoms with Crippen LogP contribution in [0.3, 0.4) is 0 Å². The zero-order chi connectivity index (χ0) is 37.1. The number of benzene rings is 1. The topological polar surface area (TPSA) is 125 Å². The van der Waals surface area contributed by atoms with E-state index in [4.69, 9.17) is 54.9 Å². The lowest BCUT2D eigenvalue weighted by Crippen LogP contribution is -2.71. The number of oxime groups is 1. The molecule has 0 radical (unpaired) electrons. The van der Waals surface area contributed by atoms with Crippen LogP contribution in [0, 0.1) is 54.3 Å². The molecule has 8 aliphatic heterocycles. The Hall–Kier alpha value is -1.87. The molecular formula is C40H55ClN2O10. The number of nitrogens with one attached hydrogen (secondary N) is 1. The summed E-state index contributed by atoms with van der Waals surface area (Å²) in [6, 6.07) is 5.32. The molecule has 0 unspecified atom stereocenters. The van der Waals surface area contributed by atoms with Crippen molar-refractivity contribution in [3.05, 3.63) is 28.8 Å². The molecule has 53 heavy (non-hydrogen) atoms. The summed E-state index contributed by atoms with van der Waals surface area (Å²) >= 11 is 6.28. The van der Waals surface area contributed by atoms with Gasteiger partial charge in [0.05, 0.1) is 11.8 Å². The van der Waals surface area contributed by atoms with Gasteiger partial charge in [-0.3, -0.25) is 10.2 Å². The summed E-state index contributed by atoms with van der Waals surface area (Å²) in [7, 11) is 0. The van der Waals surface area contributed by atoms with E-state index in [0.717, 1.165) is 50.5 Å². The smallest absolute Gasteiger partial charge is 0.345 e. The number of anilines is 1. The number of hydrogen-bond donors (Lipinski definition) is 1. The molecule has 10 fully saturated rings. The van der Waals surface area contributed by atoms with Gasteiger partial charge in [0.2, 0.25) is 11.6 Å². The monoisotopic (exact) mass is 758 g/mol. The number of fused-ring (bicyclic) bond motifs is 4. The average Bonchev–Trinajstić information content (AvgIpc) is 3.48. The van der Waals surface area contributed by atoms with E-state index in [1.54, 1.807) is 6.07 Å². The van der Waals surface area contributed by atoms with Crippen molar-refractivity contribution in [2.24, 2.45) is 52.5 Å². The first kappa shape index (κ1) is 36.7. The second-order valence-corrected chi connectivity index (χ2v) is 18.5. The second-order valence-electron chi connectivity index (χ2n) is 18.1. The first-order valence-corrected chi connectivity index (χ1v) is 20.3. The van der Waals surface area contributed by atoms with E-state index in [1.165, 1.54) is 0 Å². The Morgan fingerprint density at radius 1 is 0.792 bits per heavy atom.